The first-order valence-electron chi connectivity index (χ1n) is 4.51. The van der Waals surface area contributed by atoms with Crippen LogP contribution in [0.2, 0.25) is 5.02 Å². The lowest BCUT2D eigenvalue weighted by molar-refractivity contribution is 0.362. The van der Waals surface area contributed by atoms with Gasteiger partial charge in [-0.15, -0.1) is 0 Å². The smallest absolute Gasteiger partial charge is 0.238 e. The molecule has 88 valence electrons. The number of rotatable bonds is 4. The molecule has 0 unspecified atom stereocenters. The topological polar surface area (TPSA) is 69.4 Å². The molecule has 0 bridgehead atoms. The first kappa shape index (κ1) is 13.0. The fourth-order valence-electron chi connectivity index (χ4n) is 1.01. The van der Waals surface area contributed by atoms with Crippen LogP contribution in [0, 0.1) is 0 Å². The van der Waals surface area contributed by atoms with Crippen molar-refractivity contribution in [2.45, 2.75) is 11.8 Å². The van der Waals surface area contributed by atoms with Crippen LogP contribution >= 0.6 is 11.6 Å². The lowest BCUT2D eigenvalue weighted by Crippen LogP contribution is -2.12. The third kappa shape index (κ3) is 3.52. The van der Waals surface area contributed by atoms with Crippen LogP contribution in [0.25, 0.3) is 0 Å². The number of primary sulfonamides is 1. The van der Waals surface area contributed by atoms with Crippen LogP contribution in [0.5, 0.6) is 5.75 Å². The monoisotopic (exact) mass is 261 g/mol. The van der Waals surface area contributed by atoms with Crippen molar-refractivity contribution < 1.29 is 13.2 Å². The molecular formula is C10H12ClNO3S. The van der Waals surface area contributed by atoms with Crippen molar-refractivity contribution in [3.8, 4) is 5.75 Å². The Kier molecular flexibility index (Phi) is 4.35. The largest absolute Gasteiger partial charge is 0.488 e. The summed E-state index contributed by atoms with van der Waals surface area (Å²) < 4.78 is 27.3. The summed E-state index contributed by atoms with van der Waals surface area (Å²) in [5.74, 6) is 0.423. The Balaban J connectivity index is 2.92. The summed E-state index contributed by atoms with van der Waals surface area (Å²) in [6.07, 6.45) is 3.65. The summed E-state index contributed by atoms with van der Waals surface area (Å²) in [5.41, 5.74) is 0. The van der Waals surface area contributed by atoms with Crippen LogP contribution in [-0.4, -0.2) is 15.0 Å². The first-order valence-corrected chi connectivity index (χ1v) is 6.44. The highest BCUT2D eigenvalue weighted by molar-refractivity contribution is 7.89. The molecule has 0 aliphatic rings. The molecule has 0 heterocycles. The molecular weight excluding hydrogens is 250 g/mol. The van der Waals surface area contributed by atoms with E-state index in [0.29, 0.717) is 12.4 Å². The highest BCUT2D eigenvalue weighted by Gasteiger charge is 2.10. The third-order valence-corrected chi connectivity index (χ3v) is 3.01. The molecule has 1 aromatic rings. The molecule has 0 saturated carbocycles. The molecule has 16 heavy (non-hydrogen) atoms. The third-order valence-electron chi connectivity index (χ3n) is 1.80. The number of sulfonamides is 1. The molecule has 0 radical (unpaired) electrons. The van der Waals surface area contributed by atoms with Gasteiger partial charge in [0.05, 0.1) is 9.92 Å². The summed E-state index contributed by atoms with van der Waals surface area (Å²) in [4.78, 5) is -0.0316. The highest BCUT2D eigenvalue weighted by Crippen LogP contribution is 2.26. The lowest BCUT2D eigenvalue weighted by Gasteiger charge is -2.06. The lowest BCUT2D eigenvalue weighted by atomic mass is 10.3. The van der Waals surface area contributed by atoms with Gasteiger partial charge in [-0.2, -0.15) is 0 Å². The summed E-state index contributed by atoms with van der Waals surface area (Å²) in [6, 6.07) is 4.10. The minimum atomic E-state index is -3.72. The predicted molar refractivity (Wildman–Crippen MR) is 63.1 cm³/mol. The number of hydrogen-bond donors (Lipinski definition) is 1. The average molecular weight is 262 g/mol. The van der Waals surface area contributed by atoms with Crippen LogP contribution in [-0.2, 0) is 10.0 Å². The number of halogens is 1. The Morgan fingerprint density at radius 3 is 2.69 bits per heavy atom. The van der Waals surface area contributed by atoms with E-state index in [1.807, 2.05) is 19.1 Å². The molecule has 0 spiro atoms. The Morgan fingerprint density at radius 1 is 1.50 bits per heavy atom. The molecule has 0 fully saturated rings. The number of hydrogen-bond acceptors (Lipinski definition) is 3. The molecule has 2 N–H and O–H groups in total. The zero-order chi connectivity index (χ0) is 12.2. The Morgan fingerprint density at radius 2 is 2.19 bits per heavy atom. The molecule has 0 saturated heterocycles. The Labute approximate surface area is 99.7 Å². The zero-order valence-corrected chi connectivity index (χ0v) is 10.3. The van der Waals surface area contributed by atoms with Crippen molar-refractivity contribution in [3.05, 3.63) is 35.4 Å². The van der Waals surface area contributed by atoms with Gasteiger partial charge in [0.1, 0.15) is 12.4 Å². The molecule has 0 atom stereocenters. The van der Waals surface area contributed by atoms with Crippen molar-refractivity contribution in [2.24, 2.45) is 5.14 Å². The SMILES string of the molecule is C/C=C/COc1ccc(S(N)(=O)=O)cc1Cl. The van der Waals surface area contributed by atoms with Gasteiger partial charge in [-0.05, 0) is 25.1 Å². The van der Waals surface area contributed by atoms with E-state index in [0.717, 1.165) is 0 Å². The standard InChI is InChI=1S/C10H12ClNO3S/c1-2-3-6-15-10-5-4-8(7-9(10)11)16(12,13)14/h2-5,7H,6H2,1H3,(H2,12,13,14)/b3-2+. The number of benzene rings is 1. The predicted octanol–water partition coefficient (Wildman–Crippen LogP) is 1.94. The minimum absolute atomic E-state index is 0.0316. The normalized spacial score (nSPS) is 11.9. The second-order valence-corrected chi connectivity index (χ2v) is 4.99. The van der Waals surface area contributed by atoms with Crippen molar-refractivity contribution in [1.29, 1.82) is 0 Å². The molecule has 0 amide bonds. The number of nitrogens with two attached hydrogens (primary N) is 1. The van der Waals surface area contributed by atoms with E-state index >= 15 is 0 Å². The van der Waals surface area contributed by atoms with E-state index in [-0.39, 0.29) is 9.92 Å². The minimum Gasteiger partial charge on any atom is -0.488 e. The molecule has 0 aliphatic carbocycles. The van der Waals surface area contributed by atoms with Crippen molar-refractivity contribution >= 4 is 21.6 Å². The maximum absolute atomic E-state index is 11.0. The Bertz CT molecular complexity index is 497. The maximum atomic E-state index is 11.0. The maximum Gasteiger partial charge on any atom is 0.238 e. The van der Waals surface area contributed by atoms with Gasteiger partial charge in [0.15, 0.2) is 0 Å². The van der Waals surface area contributed by atoms with Crippen LogP contribution in [0.4, 0.5) is 0 Å². The molecule has 1 rings (SSSR count). The number of ether oxygens (including phenoxy) is 1. The van der Waals surface area contributed by atoms with E-state index in [2.05, 4.69) is 0 Å². The van der Waals surface area contributed by atoms with E-state index < -0.39 is 10.0 Å². The van der Waals surface area contributed by atoms with Gasteiger partial charge < -0.3 is 4.74 Å². The van der Waals surface area contributed by atoms with E-state index in [4.69, 9.17) is 21.5 Å². The highest BCUT2D eigenvalue weighted by atomic mass is 35.5. The summed E-state index contributed by atoms with van der Waals surface area (Å²) in [5, 5.41) is 5.18. The second-order valence-electron chi connectivity index (χ2n) is 3.02. The van der Waals surface area contributed by atoms with Crippen LogP contribution < -0.4 is 9.88 Å². The van der Waals surface area contributed by atoms with Gasteiger partial charge in [0.2, 0.25) is 10.0 Å². The molecule has 6 heteroatoms. The fourth-order valence-corrected chi connectivity index (χ4v) is 1.85. The first-order chi connectivity index (χ1) is 7.45. The van der Waals surface area contributed by atoms with E-state index in [9.17, 15) is 8.42 Å². The second kappa shape index (κ2) is 5.34. The number of allylic oxidation sites excluding steroid dienone is 1. The Hall–Kier alpha value is -1.04. The van der Waals surface area contributed by atoms with E-state index in [1.54, 1.807) is 0 Å². The van der Waals surface area contributed by atoms with Crippen LogP contribution in [0.1, 0.15) is 6.92 Å². The van der Waals surface area contributed by atoms with Gasteiger partial charge in [-0.1, -0.05) is 23.8 Å². The summed E-state index contributed by atoms with van der Waals surface area (Å²) in [7, 11) is -3.72. The average Bonchev–Trinajstić information content (AvgIpc) is 2.19. The molecule has 0 aromatic heterocycles. The van der Waals surface area contributed by atoms with Gasteiger partial charge >= 0.3 is 0 Å². The quantitative estimate of drug-likeness (QED) is 0.842. The van der Waals surface area contributed by atoms with Crippen LogP contribution in [0.3, 0.4) is 0 Å². The summed E-state index contributed by atoms with van der Waals surface area (Å²) >= 11 is 5.85. The zero-order valence-electron chi connectivity index (χ0n) is 8.68. The van der Waals surface area contributed by atoms with Crippen molar-refractivity contribution in [1.82, 2.24) is 0 Å². The molecule has 1 aromatic carbocycles. The molecule has 4 nitrogen and oxygen atoms in total. The van der Waals surface area contributed by atoms with Gasteiger partial charge in [0, 0.05) is 0 Å². The van der Waals surface area contributed by atoms with Crippen molar-refractivity contribution in [3.63, 3.8) is 0 Å². The summed E-state index contributed by atoms with van der Waals surface area (Å²) in [6.45, 7) is 2.25. The van der Waals surface area contributed by atoms with Gasteiger partial charge in [0.25, 0.3) is 0 Å². The molecule has 0 aliphatic heterocycles. The van der Waals surface area contributed by atoms with Gasteiger partial charge in [-0.25, -0.2) is 13.6 Å². The fraction of sp³-hybridized carbons (Fsp3) is 0.200. The van der Waals surface area contributed by atoms with Crippen molar-refractivity contribution in [2.75, 3.05) is 6.61 Å². The van der Waals surface area contributed by atoms with E-state index in [1.165, 1.54) is 18.2 Å². The van der Waals surface area contributed by atoms with Crippen LogP contribution in [0.15, 0.2) is 35.2 Å². The van der Waals surface area contributed by atoms with Gasteiger partial charge in [-0.3, -0.25) is 0 Å².